The van der Waals surface area contributed by atoms with Gasteiger partial charge in [-0.3, -0.25) is 4.79 Å². The monoisotopic (exact) mass is 431 g/mol. The Balaban J connectivity index is 0.00000385. The molecule has 0 amide bonds. The maximum absolute atomic E-state index is 12.6. The molecular formula is C28H31O4. The lowest BCUT2D eigenvalue weighted by atomic mass is 9.89. The van der Waals surface area contributed by atoms with E-state index in [1.165, 1.54) is 0 Å². The van der Waals surface area contributed by atoms with Crippen molar-refractivity contribution in [3.05, 3.63) is 83.3 Å². The number of ether oxygens (including phenoxy) is 2. The Morgan fingerprint density at radius 3 is 2.47 bits per heavy atom. The van der Waals surface area contributed by atoms with E-state index < -0.39 is 11.6 Å². The van der Waals surface area contributed by atoms with E-state index in [1.807, 2.05) is 88.7 Å². The lowest BCUT2D eigenvalue weighted by Crippen LogP contribution is -2.22. The highest BCUT2D eigenvalue weighted by Gasteiger charge is 2.26. The van der Waals surface area contributed by atoms with Crippen molar-refractivity contribution in [1.82, 2.24) is 0 Å². The van der Waals surface area contributed by atoms with Crippen molar-refractivity contribution in [3.63, 3.8) is 0 Å². The number of hydrogen-bond acceptors (Lipinski definition) is 4. The van der Waals surface area contributed by atoms with Crippen LogP contribution in [0.1, 0.15) is 58.2 Å². The highest BCUT2D eigenvalue weighted by molar-refractivity contribution is 6.06. The Bertz CT molecular complexity index is 1070. The average Bonchev–Trinajstić information content (AvgIpc) is 3.59. The molecule has 2 aromatic carbocycles. The number of benzene rings is 2. The molecule has 0 saturated heterocycles. The summed E-state index contributed by atoms with van der Waals surface area (Å²) in [7, 11) is 0. The van der Waals surface area contributed by atoms with Gasteiger partial charge in [-0.2, -0.15) is 0 Å². The van der Waals surface area contributed by atoms with Crippen LogP contribution >= 0.6 is 0 Å². The SMILES string of the molecule is CC(C(=O)C1=C[CH]1)c1ccc(OCc2ccccc2)cc1CCC#CC(=O)OC(C)(C)C.[HH]. The van der Waals surface area contributed by atoms with Crippen molar-refractivity contribution in [2.45, 2.75) is 58.7 Å². The van der Waals surface area contributed by atoms with E-state index in [0.717, 1.165) is 28.0 Å². The first kappa shape index (κ1) is 23.3. The van der Waals surface area contributed by atoms with Crippen LogP contribution in [0.5, 0.6) is 5.75 Å². The molecule has 3 rings (SSSR count). The van der Waals surface area contributed by atoms with Gasteiger partial charge in [-0.25, -0.2) is 4.79 Å². The highest BCUT2D eigenvalue weighted by Crippen LogP contribution is 2.31. The lowest BCUT2D eigenvalue weighted by Gasteiger charge is -2.17. The first-order valence-corrected chi connectivity index (χ1v) is 10.8. The van der Waals surface area contributed by atoms with Gasteiger partial charge in [-0.1, -0.05) is 55.3 Å². The molecule has 167 valence electrons. The standard InChI is InChI=1S/C28H29O4.H2/c1-20(27(30)22-14-15-22)25-17-16-24(31-19-21-10-6-5-7-11-21)18-23(25)12-8-9-13-26(29)32-28(2,3)4;/h5-7,10-11,14-18,20H,8,12,19H2,1-4H3;1H. The minimum absolute atomic E-state index is 0. The summed E-state index contributed by atoms with van der Waals surface area (Å²) in [4.78, 5) is 24.4. The summed E-state index contributed by atoms with van der Waals surface area (Å²) >= 11 is 0. The molecule has 4 nitrogen and oxygen atoms in total. The molecular weight excluding hydrogens is 400 g/mol. The van der Waals surface area contributed by atoms with E-state index in [-0.39, 0.29) is 13.1 Å². The van der Waals surface area contributed by atoms with Crippen molar-refractivity contribution in [3.8, 4) is 17.6 Å². The van der Waals surface area contributed by atoms with Crippen LogP contribution in [-0.4, -0.2) is 17.4 Å². The molecule has 1 atom stereocenters. The van der Waals surface area contributed by atoms with Gasteiger partial charge in [0.15, 0.2) is 5.78 Å². The molecule has 0 bridgehead atoms. The third-order valence-corrected chi connectivity index (χ3v) is 4.95. The first-order valence-electron chi connectivity index (χ1n) is 10.8. The molecule has 0 aliphatic heterocycles. The zero-order valence-electron chi connectivity index (χ0n) is 19.1. The predicted molar refractivity (Wildman–Crippen MR) is 127 cm³/mol. The Morgan fingerprint density at radius 2 is 1.81 bits per heavy atom. The first-order chi connectivity index (χ1) is 15.2. The van der Waals surface area contributed by atoms with Gasteiger partial charge in [-0.05, 0) is 56.0 Å². The fourth-order valence-corrected chi connectivity index (χ4v) is 3.28. The van der Waals surface area contributed by atoms with Crippen molar-refractivity contribution >= 4 is 11.8 Å². The molecule has 1 aliphatic carbocycles. The molecule has 1 radical (unpaired) electrons. The van der Waals surface area contributed by atoms with E-state index >= 15 is 0 Å². The number of carbonyl (C=O) groups excluding carboxylic acids is 2. The lowest BCUT2D eigenvalue weighted by molar-refractivity contribution is -0.147. The largest absolute Gasteiger partial charge is 0.489 e. The molecule has 0 saturated carbocycles. The van der Waals surface area contributed by atoms with Gasteiger partial charge >= 0.3 is 5.97 Å². The van der Waals surface area contributed by atoms with E-state index in [0.29, 0.717) is 19.4 Å². The fraction of sp³-hybridized carbons (Fsp3) is 0.321. The number of ketones is 1. The second-order valence-corrected chi connectivity index (χ2v) is 8.81. The number of Topliss-reactive ketones (excluding diaryl/α,β-unsaturated/α-hetero) is 1. The van der Waals surface area contributed by atoms with Crippen LogP contribution in [0.2, 0.25) is 0 Å². The Labute approximate surface area is 192 Å². The van der Waals surface area contributed by atoms with Gasteiger partial charge in [0, 0.05) is 31.7 Å². The summed E-state index contributed by atoms with van der Waals surface area (Å²) in [6.07, 6.45) is 4.75. The van der Waals surface area contributed by atoms with Crippen molar-refractivity contribution in [2.75, 3.05) is 0 Å². The second-order valence-electron chi connectivity index (χ2n) is 8.81. The van der Waals surface area contributed by atoms with Crippen molar-refractivity contribution in [2.24, 2.45) is 0 Å². The van der Waals surface area contributed by atoms with Gasteiger partial charge in [0.1, 0.15) is 18.0 Å². The Morgan fingerprint density at radius 1 is 1.09 bits per heavy atom. The number of rotatable bonds is 8. The van der Waals surface area contributed by atoms with E-state index in [9.17, 15) is 9.59 Å². The minimum atomic E-state index is -0.562. The van der Waals surface area contributed by atoms with Crippen LogP contribution in [0.15, 0.2) is 60.2 Å². The van der Waals surface area contributed by atoms with Gasteiger partial charge < -0.3 is 9.47 Å². The normalized spacial score (nSPS) is 13.3. The van der Waals surface area contributed by atoms with Crippen LogP contribution in [0.4, 0.5) is 0 Å². The van der Waals surface area contributed by atoms with Crippen LogP contribution in [0.25, 0.3) is 0 Å². The van der Waals surface area contributed by atoms with Gasteiger partial charge in [0.25, 0.3) is 0 Å². The zero-order valence-corrected chi connectivity index (χ0v) is 19.1. The maximum Gasteiger partial charge on any atom is 0.384 e. The number of allylic oxidation sites excluding steroid dienone is 2. The number of hydrogen-bond donors (Lipinski definition) is 0. The summed E-state index contributed by atoms with van der Waals surface area (Å²) in [5, 5.41) is 0. The highest BCUT2D eigenvalue weighted by atomic mass is 16.6. The minimum Gasteiger partial charge on any atom is -0.489 e. The summed E-state index contributed by atoms with van der Waals surface area (Å²) in [5.41, 5.74) is 3.25. The Kier molecular flexibility index (Phi) is 7.53. The predicted octanol–water partition coefficient (Wildman–Crippen LogP) is 5.61. The molecule has 32 heavy (non-hydrogen) atoms. The topological polar surface area (TPSA) is 52.6 Å². The number of esters is 1. The van der Waals surface area contributed by atoms with Gasteiger partial charge in [-0.15, -0.1) is 0 Å². The van der Waals surface area contributed by atoms with Crippen molar-refractivity contribution in [1.29, 1.82) is 0 Å². The molecule has 0 N–H and O–H groups in total. The molecule has 0 fully saturated rings. The molecule has 0 spiro atoms. The third kappa shape index (κ3) is 7.13. The maximum atomic E-state index is 12.6. The summed E-state index contributed by atoms with van der Waals surface area (Å²) < 4.78 is 11.2. The Hall–Kier alpha value is -3.32. The van der Waals surface area contributed by atoms with Gasteiger partial charge in [0.2, 0.25) is 0 Å². The summed E-state index contributed by atoms with van der Waals surface area (Å²) in [6, 6.07) is 15.8. The molecule has 2 aromatic rings. The second kappa shape index (κ2) is 10.3. The quantitative estimate of drug-likeness (QED) is 0.310. The van der Waals surface area contributed by atoms with Crippen LogP contribution in [0, 0.1) is 18.3 Å². The number of aryl methyl sites for hydroxylation is 1. The molecule has 1 aliphatic rings. The molecule has 0 heterocycles. The van der Waals surface area contributed by atoms with Crippen LogP contribution in [0.3, 0.4) is 0 Å². The fourth-order valence-electron chi connectivity index (χ4n) is 3.28. The number of carbonyl (C=O) groups is 2. The third-order valence-electron chi connectivity index (χ3n) is 4.95. The van der Waals surface area contributed by atoms with E-state index in [2.05, 4.69) is 11.8 Å². The zero-order chi connectivity index (χ0) is 23.1. The van der Waals surface area contributed by atoms with Crippen LogP contribution in [-0.2, 0) is 27.4 Å². The van der Waals surface area contributed by atoms with E-state index in [1.54, 1.807) is 0 Å². The average molecular weight is 432 g/mol. The van der Waals surface area contributed by atoms with Gasteiger partial charge in [0.05, 0.1) is 0 Å². The summed E-state index contributed by atoms with van der Waals surface area (Å²) in [5.74, 6) is 5.52. The van der Waals surface area contributed by atoms with Crippen LogP contribution < -0.4 is 4.74 Å². The van der Waals surface area contributed by atoms with E-state index in [4.69, 9.17) is 9.47 Å². The van der Waals surface area contributed by atoms with Crippen molar-refractivity contribution < 1.29 is 20.5 Å². The summed E-state index contributed by atoms with van der Waals surface area (Å²) in [6.45, 7) is 7.82. The molecule has 0 aromatic heterocycles. The molecule has 1 unspecified atom stereocenters. The smallest absolute Gasteiger partial charge is 0.384 e. The molecule has 4 heteroatoms.